The molecule has 44 heavy (non-hydrogen) atoms. The van der Waals surface area contributed by atoms with Crippen molar-refractivity contribution in [2.24, 2.45) is 0 Å². The van der Waals surface area contributed by atoms with Crippen molar-refractivity contribution in [3.8, 4) is 33.6 Å². The minimum absolute atomic E-state index is 1.15. The summed E-state index contributed by atoms with van der Waals surface area (Å²) in [6.07, 6.45) is 0. The molecule has 0 N–H and O–H groups in total. The summed E-state index contributed by atoms with van der Waals surface area (Å²) < 4.78 is 4.81. The fourth-order valence-corrected chi connectivity index (χ4v) is 6.89. The van der Waals surface area contributed by atoms with Crippen LogP contribution in [0.15, 0.2) is 170 Å². The van der Waals surface area contributed by atoms with E-state index >= 15 is 0 Å². The minimum atomic E-state index is 1.15. The fraction of sp³-hybridized carbons (Fsp3) is 0. The molecule has 0 unspecified atom stereocenters. The molecule has 0 amide bonds. The van der Waals surface area contributed by atoms with E-state index in [4.69, 9.17) is 0 Å². The van der Waals surface area contributed by atoms with Gasteiger partial charge in [-0.15, -0.1) is 0 Å². The van der Waals surface area contributed by atoms with E-state index in [0.717, 1.165) is 11.4 Å². The van der Waals surface area contributed by atoms with Crippen LogP contribution in [-0.2, 0) is 0 Å². The van der Waals surface area contributed by atoms with Crippen molar-refractivity contribution in [2.75, 3.05) is 0 Å². The molecule has 9 rings (SSSR count). The Labute approximate surface area is 255 Å². The predicted octanol–water partition coefficient (Wildman–Crippen LogP) is 11.2. The second-order valence-electron chi connectivity index (χ2n) is 11.4. The van der Waals surface area contributed by atoms with Crippen LogP contribution in [0, 0.1) is 0 Å². The maximum Gasteiger partial charge on any atom is 0.0541 e. The van der Waals surface area contributed by atoms with Gasteiger partial charge in [0.25, 0.3) is 0 Å². The third-order valence-electron chi connectivity index (χ3n) is 8.91. The van der Waals surface area contributed by atoms with Crippen molar-refractivity contribution in [3.63, 3.8) is 0 Å². The predicted molar refractivity (Wildman–Crippen MR) is 186 cm³/mol. The summed E-state index contributed by atoms with van der Waals surface area (Å²) >= 11 is 0. The Bertz CT molecular complexity index is 2310. The Kier molecular flexibility index (Phi) is 5.54. The maximum absolute atomic E-state index is 2.41. The molecule has 2 nitrogen and oxygen atoms in total. The van der Waals surface area contributed by atoms with Gasteiger partial charge in [-0.25, -0.2) is 0 Å². The Morgan fingerprint density at radius 2 is 0.659 bits per heavy atom. The summed E-state index contributed by atoms with van der Waals surface area (Å²) in [5, 5.41) is 5.04. The lowest BCUT2D eigenvalue weighted by Crippen LogP contribution is -1.98. The largest absolute Gasteiger partial charge is 0.309 e. The Morgan fingerprint density at radius 1 is 0.250 bits per heavy atom. The average molecular weight is 561 g/mol. The van der Waals surface area contributed by atoms with Crippen molar-refractivity contribution >= 4 is 43.6 Å². The molecule has 0 aliphatic heterocycles. The number of para-hydroxylation sites is 2. The maximum atomic E-state index is 2.41. The van der Waals surface area contributed by atoms with Crippen LogP contribution in [0.3, 0.4) is 0 Å². The molecule has 2 heterocycles. The monoisotopic (exact) mass is 560 g/mol. The van der Waals surface area contributed by atoms with Crippen LogP contribution < -0.4 is 0 Å². The number of aromatic nitrogens is 2. The summed E-state index contributed by atoms with van der Waals surface area (Å²) in [4.78, 5) is 0. The van der Waals surface area contributed by atoms with E-state index in [2.05, 4.69) is 179 Å². The van der Waals surface area contributed by atoms with Gasteiger partial charge in [0.05, 0.1) is 22.1 Å². The quantitative estimate of drug-likeness (QED) is 0.203. The molecule has 9 aromatic rings. The van der Waals surface area contributed by atoms with Crippen molar-refractivity contribution in [2.45, 2.75) is 0 Å². The number of rotatable bonds is 4. The molecule has 0 aliphatic rings. The zero-order chi connectivity index (χ0) is 29.0. The summed E-state index contributed by atoms with van der Waals surface area (Å²) in [7, 11) is 0. The Balaban J connectivity index is 1.25. The highest BCUT2D eigenvalue weighted by atomic mass is 15.0. The number of benzene rings is 7. The highest BCUT2D eigenvalue weighted by Gasteiger charge is 2.16. The molecule has 2 heteroatoms. The van der Waals surface area contributed by atoms with E-state index < -0.39 is 0 Å². The van der Waals surface area contributed by atoms with Crippen LogP contribution in [0.4, 0.5) is 0 Å². The number of hydrogen-bond donors (Lipinski definition) is 0. The lowest BCUT2D eigenvalue weighted by atomic mass is 10.0. The molecule has 0 bridgehead atoms. The van der Waals surface area contributed by atoms with E-state index in [1.54, 1.807) is 0 Å². The Morgan fingerprint density at radius 3 is 1.14 bits per heavy atom. The van der Waals surface area contributed by atoms with Crippen molar-refractivity contribution in [3.05, 3.63) is 170 Å². The normalized spacial score (nSPS) is 11.6. The topological polar surface area (TPSA) is 9.86 Å². The number of hydrogen-bond acceptors (Lipinski definition) is 0. The van der Waals surface area contributed by atoms with Crippen molar-refractivity contribution in [1.82, 2.24) is 9.13 Å². The number of nitrogens with zero attached hydrogens (tertiary/aromatic N) is 2. The van der Waals surface area contributed by atoms with Crippen LogP contribution in [0.5, 0.6) is 0 Å². The van der Waals surface area contributed by atoms with Crippen LogP contribution in [-0.4, -0.2) is 9.13 Å². The van der Waals surface area contributed by atoms with Gasteiger partial charge >= 0.3 is 0 Å². The first-order valence-corrected chi connectivity index (χ1v) is 15.1. The van der Waals surface area contributed by atoms with Gasteiger partial charge < -0.3 is 9.13 Å². The molecule has 0 saturated heterocycles. The molecule has 0 spiro atoms. The lowest BCUT2D eigenvalue weighted by molar-refractivity contribution is 1.13. The molecule has 0 aliphatic carbocycles. The number of fused-ring (bicyclic) bond motifs is 6. The van der Waals surface area contributed by atoms with E-state index in [1.807, 2.05) is 0 Å². The van der Waals surface area contributed by atoms with Gasteiger partial charge in [0, 0.05) is 32.9 Å². The van der Waals surface area contributed by atoms with Crippen LogP contribution in [0.2, 0.25) is 0 Å². The van der Waals surface area contributed by atoms with E-state index in [9.17, 15) is 0 Å². The smallest absolute Gasteiger partial charge is 0.0541 e. The van der Waals surface area contributed by atoms with E-state index in [0.29, 0.717) is 0 Å². The third-order valence-corrected chi connectivity index (χ3v) is 8.91. The van der Waals surface area contributed by atoms with Gasteiger partial charge in [-0.2, -0.15) is 0 Å². The van der Waals surface area contributed by atoms with Gasteiger partial charge in [0.2, 0.25) is 0 Å². The van der Waals surface area contributed by atoms with Crippen molar-refractivity contribution in [1.29, 1.82) is 0 Å². The van der Waals surface area contributed by atoms with Gasteiger partial charge in [-0.05, 0) is 76.9 Å². The SMILES string of the molecule is c1ccc(-c2ccc3c(c2)c2ccccc2n3-c2cccc(-n3c4ccccc4c4cc(-c5ccccc5)ccc43)c2)cc1. The molecular formula is C42H28N2. The van der Waals surface area contributed by atoms with Crippen LogP contribution in [0.1, 0.15) is 0 Å². The molecular weight excluding hydrogens is 532 g/mol. The first kappa shape index (κ1) is 24.7. The molecule has 0 saturated carbocycles. The van der Waals surface area contributed by atoms with Crippen LogP contribution >= 0.6 is 0 Å². The van der Waals surface area contributed by atoms with Gasteiger partial charge in [-0.1, -0.05) is 115 Å². The zero-order valence-electron chi connectivity index (χ0n) is 24.1. The standard InChI is InChI=1S/C42H28N2/c1-3-12-29(13-4-1)31-22-24-41-37(26-31)35-18-7-9-20-39(35)43(41)33-16-11-17-34(28-33)44-40-21-10-8-19-36(40)38-27-32(23-25-42(38)44)30-14-5-2-6-15-30/h1-28H. The van der Waals surface area contributed by atoms with E-state index in [1.165, 1.54) is 65.9 Å². The van der Waals surface area contributed by atoms with Crippen LogP contribution in [0.25, 0.3) is 77.2 Å². The summed E-state index contributed by atoms with van der Waals surface area (Å²) in [5.74, 6) is 0. The first-order valence-electron chi connectivity index (χ1n) is 15.1. The first-order chi connectivity index (χ1) is 21.8. The molecule has 2 aromatic heterocycles. The minimum Gasteiger partial charge on any atom is -0.309 e. The molecule has 0 radical (unpaired) electrons. The second-order valence-corrected chi connectivity index (χ2v) is 11.4. The molecule has 0 atom stereocenters. The Hall–Kier alpha value is -5.86. The third kappa shape index (κ3) is 3.82. The van der Waals surface area contributed by atoms with Gasteiger partial charge in [0.1, 0.15) is 0 Å². The summed E-state index contributed by atoms with van der Waals surface area (Å²) in [6.45, 7) is 0. The van der Waals surface area contributed by atoms with Crippen molar-refractivity contribution < 1.29 is 0 Å². The molecule has 7 aromatic carbocycles. The highest BCUT2D eigenvalue weighted by Crippen LogP contribution is 2.38. The lowest BCUT2D eigenvalue weighted by Gasteiger charge is -2.13. The average Bonchev–Trinajstić information content (AvgIpc) is 3.61. The van der Waals surface area contributed by atoms with E-state index in [-0.39, 0.29) is 0 Å². The second kappa shape index (κ2) is 9.86. The van der Waals surface area contributed by atoms with Gasteiger partial charge in [-0.3, -0.25) is 0 Å². The highest BCUT2D eigenvalue weighted by molar-refractivity contribution is 6.12. The summed E-state index contributed by atoms with van der Waals surface area (Å²) in [6, 6.07) is 61.4. The zero-order valence-corrected chi connectivity index (χ0v) is 24.1. The van der Waals surface area contributed by atoms with Gasteiger partial charge in [0.15, 0.2) is 0 Å². The molecule has 206 valence electrons. The molecule has 0 fully saturated rings. The fourth-order valence-electron chi connectivity index (χ4n) is 6.89. The summed E-state index contributed by atoms with van der Waals surface area (Å²) in [5.41, 5.74) is 12.0.